The largest absolute Gasteiger partial charge is 0.427 e. The minimum absolute atomic E-state index is 0.171. The number of halogens is 2. The zero-order valence-electron chi connectivity index (χ0n) is 11.6. The summed E-state index contributed by atoms with van der Waals surface area (Å²) in [7, 11) is 0. The Morgan fingerprint density at radius 3 is 2.74 bits per heavy atom. The molecule has 1 aromatic heterocycles. The minimum atomic E-state index is -0.689. The Bertz CT molecular complexity index is 936. The van der Waals surface area contributed by atoms with E-state index < -0.39 is 6.09 Å². The molecule has 0 unspecified atom stereocenters. The van der Waals surface area contributed by atoms with E-state index in [0.29, 0.717) is 15.7 Å². The van der Waals surface area contributed by atoms with Crippen molar-refractivity contribution in [3.63, 3.8) is 0 Å². The molecule has 0 aliphatic rings. The van der Waals surface area contributed by atoms with Crippen LogP contribution in [0.25, 0.3) is 10.2 Å². The number of carbonyl (C=O) groups excluding carboxylic acids is 1. The van der Waals surface area contributed by atoms with Crippen LogP contribution in [-0.4, -0.2) is 10.7 Å². The molecule has 8 heteroatoms. The van der Waals surface area contributed by atoms with E-state index in [2.05, 4.69) is 5.32 Å². The van der Waals surface area contributed by atoms with Crippen molar-refractivity contribution < 1.29 is 9.53 Å². The number of anilines is 1. The number of thiazole rings is 1. The highest BCUT2D eigenvalue weighted by Gasteiger charge is 2.10. The van der Waals surface area contributed by atoms with Gasteiger partial charge in [-0.2, -0.15) is 0 Å². The number of hydrogen-bond donors (Lipinski definition) is 1. The smallest absolute Gasteiger partial charge is 0.413 e. The van der Waals surface area contributed by atoms with Crippen LogP contribution in [0.2, 0.25) is 10.0 Å². The summed E-state index contributed by atoms with van der Waals surface area (Å²) in [6.07, 6.45) is -0.689. The Hall–Kier alpha value is -2.02. The highest BCUT2D eigenvalue weighted by Crippen LogP contribution is 2.25. The van der Waals surface area contributed by atoms with Crippen LogP contribution in [0.3, 0.4) is 0 Å². The first kappa shape index (κ1) is 15.9. The average molecular weight is 369 g/mol. The van der Waals surface area contributed by atoms with Crippen molar-refractivity contribution in [3.8, 4) is 0 Å². The monoisotopic (exact) mass is 368 g/mol. The number of fused-ring (bicyclic) bond motifs is 1. The number of carbonyl (C=O) groups is 1. The second kappa shape index (κ2) is 6.62. The van der Waals surface area contributed by atoms with E-state index in [4.69, 9.17) is 27.9 Å². The molecule has 0 atom stereocenters. The van der Waals surface area contributed by atoms with Crippen molar-refractivity contribution >= 4 is 56.5 Å². The van der Waals surface area contributed by atoms with Gasteiger partial charge >= 0.3 is 11.0 Å². The highest BCUT2D eigenvalue weighted by molar-refractivity contribution is 7.16. The van der Waals surface area contributed by atoms with Crippen molar-refractivity contribution in [3.05, 3.63) is 62.2 Å². The fraction of sp³-hybridized carbons (Fsp3) is 0.0667. The number of benzene rings is 2. The summed E-state index contributed by atoms with van der Waals surface area (Å²) in [4.78, 5) is 23.6. The number of hydrogen-bond acceptors (Lipinski definition) is 4. The zero-order chi connectivity index (χ0) is 16.4. The van der Waals surface area contributed by atoms with Gasteiger partial charge in [-0.15, -0.1) is 0 Å². The Balaban J connectivity index is 1.70. The van der Waals surface area contributed by atoms with Gasteiger partial charge in [0.15, 0.2) is 6.73 Å². The summed E-state index contributed by atoms with van der Waals surface area (Å²) >= 11 is 12.8. The summed E-state index contributed by atoms with van der Waals surface area (Å²) < 4.78 is 7.33. The van der Waals surface area contributed by atoms with Crippen LogP contribution in [0.1, 0.15) is 0 Å². The van der Waals surface area contributed by atoms with Crippen molar-refractivity contribution in [1.29, 1.82) is 0 Å². The normalized spacial score (nSPS) is 10.7. The third-order valence-corrected chi connectivity index (χ3v) is 4.76. The Morgan fingerprint density at radius 1 is 1.17 bits per heavy atom. The van der Waals surface area contributed by atoms with Crippen LogP contribution in [0.4, 0.5) is 10.5 Å². The Morgan fingerprint density at radius 2 is 1.96 bits per heavy atom. The average Bonchev–Trinajstić information content (AvgIpc) is 2.84. The molecule has 0 saturated carbocycles. The SMILES string of the molecule is O=C(Nc1ccc(Cl)c(Cl)c1)OCn1c(=O)sc2ccccc21. The van der Waals surface area contributed by atoms with Gasteiger partial charge in [-0.05, 0) is 30.3 Å². The molecule has 1 amide bonds. The first-order valence-corrected chi connectivity index (χ1v) is 8.09. The predicted molar refractivity (Wildman–Crippen MR) is 92.7 cm³/mol. The van der Waals surface area contributed by atoms with Gasteiger partial charge in [0.2, 0.25) is 0 Å². The molecule has 0 fully saturated rings. The minimum Gasteiger partial charge on any atom is -0.427 e. The number of ether oxygens (including phenoxy) is 1. The van der Waals surface area contributed by atoms with E-state index >= 15 is 0 Å². The summed E-state index contributed by atoms with van der Waals surface area (Å²) in [6, 6.07) is 12.0. The van der Waals surface area contributed by atoms with Crippen LogP contribution < -0.4 is 10.2 Å². The number of aromatic nitrogens is 1. The third-order valence-electron chi connectivity index (χ3n) is 3.06. The number of nitrogens with zero attached hydrogens (tertiary/aromatic N) is 1. The molecule has 3 rings (SSSR count). The lowest BCUT2D eigenvalue weighted by Crippen LogP contribution is -2.20. The summed E-state index contributed by atoms with van der Waals surface area (Å²) in [6.45, 7) is -0.171. The van der Waals surface area contributed by atoms with E-state index in [1.54, 1.807) is 18.2 Å². The molecule has 1 N–H and O–H groups in total. The molecule has 1 heterocycles. The summed E-state index contributed by atoms with van der Waals surface area (Å²) in [5.74, 6) is 0. The van der Waals surface area contributed by atoms with E-state index in [9.17, 15) is 9.59 Å². The first-order chi connectivity index (χ1) is 11.0. The second-order valence-corrected chi connectivity index (χ2v) is 6.39. The van der Waals surface area contributed by atoms with Gasteiger partial charge < -0.3 is 4.74 Å². The number of nitrogens with one attached hydrogen (secondary N) is 1. The maximum absolute atomic E-state index is 11.9. The molecule has 0 aliphatic carbocycles. The second-order valence-electron chi connectivity index (χ2n) is 4.58. The maximum atomic E-state index is 11.9. The summed E-state index contributed by atoms with van der Waals surface area (Å²) in [5.41, 5.74) is 1.18. The fourth-order valence-electron chi connectivity index (χ4n) is 1.99. The van der Waals surface area contributed by atoms with Crippen molar-refractivity contribution in [1.82, 2.24) is 4.57 Å². The van der Waals surface area contributed by atoms with Crippen LogP contribution in [-0.2, 0) is 11.5 Å². The molecule has 3 aromatic rings. The van der Waals surface area contributed by atoms with Crippen LogP contribution >= 0.6 is 34.5 Å². The molecule has 2 aromatic carbocycles. The number of amides is 1. The first-order valence-electron chi connectivity index (χ1n) is 6.52. The Labute approximate surface area is 145 Å². The van der Waals surface area contributed by atoms with E-state index in [1.807, 2.05) is 18.2 Å². The van der Waals surface area contributed by atoms with Crippen LogP contribution in [0.5, 0.6) is 0 Å². The summed E-state index contributed by atoms with van der Waals surface area (Å²) in [5, 5.41) is 3.24. The molecular formula is C15H10Cl2N2O3S. The van der Waals surface area contributed by atoms with Gasteiger partial charge in [0, 0.05) is 5.69 Å². The lowest BCUT2D eigenvalue weighted by molar-refractivity contribution is 0.129. The van der Waals surface area contributed by atoms with Crippen LogP contribution in [0, 0.1) is 0 Å². The maximum Gasteiger partial charge on any atom is 0.413 e. The molecule has 23 heavy (non-hydrogen) atoms. The fourth-order valence-corrected chi connectivity index (χ4v) is 3.16. The molecule has 5 nitrogen and oxygen atoms in total. The van der Waals surface area contributed by atoms with Gasteiger partial charge in [-0.25, -0.2) is 4.79 Å². The standard InChI is InChI=1S/C15H10Cl2N2O3S/c16-10-6-5-9(7-11(10)17)18-14(20)22-8-19-12-3-1-2-4-13(12)23-15(19)21/h1-7H,8H2,(H,18,20). The van der Waals surface area contributed by atoms with E-state index in [0.717, 1.165) is 21.6 Å². The number of para-hydroxylation sites is 1. The van der Waals surface area contributed by atoms with Crippen molar-refractivity contribution in [2.45, 2.75) is 6.73 Å². The van der Waals surface area contributed by atoms with Gasteiger partial charge in [0.1, 0.15) is 0 Å². The lowest BCUT2D eigenvalue weighted by atomic mass is 10.3. The predicted octanol–water partition coefficient (Wildman–Crippen LogP) is 4.58. The van der Waals surface area contributed by atoms with Crippen LogP contribution in [0.15, 0.2) is 47.3 Å². The zero-order valence-corrected chi connectivity index (χ0v) is 13.9. The molecule has 118 valence electrons. The topological polar surface area (TPSA) is 60.3 Å². The van der Waals surface area contributed by atoms with Crippen molar-refractivity contribution in [2.75, 3.05) is 5.32 Å². The molecule has 0 aliphatic heterocycles. The molecular weight excluding hydrogens is 359 g/mol. The van der Waals surface area contributed by atoms with E-state index in [-0.39, 0.29) is 11.6 Å². The molecule has 0 radical (unpaired) electrons. The molecule has 0 spiro atoms. The lowest BCUT2D eigenvalue weighted by Gasteiger charge is -2.08. The number of rotatable bonds is 3. The van der Waals surface area contributed by atoms with Crippen molar-refractivity contribution in [2.24, 2.45) is 0 Å². The molecule has 0 saturated heterocycles. The molecule has 0 bridgehead atoms. The van der Waals surface area contributed by atoms with Gasteiger partial charge in [-0.3, -0.25) is 14.7 Å². The van der Waals surface area contributed by atoms with Gasteiger partial charge in [0.25, 0.3) is 0 Å². The van der Waals surface area contributed by atoms with Gasteiger partial charge in [0.05, 0.1) is 20.3 Å². The van der Waals surface area contributed by atoms with E-state index in [1.165, 1.54) is 10.6 Å². The quantitative estimate of drug-likeness (QED) is 0.735. The highest BCUT2D eigenvalue weighted by atomic mass is 35.5. The third kappa shape index (κ3) is 3.50. The Kier molecular flexibility index (Phi) is 4.56. The van der Waals surface area contributed by atoms with Gasteiger partial charge in [-0.1, -0.05) is 46.7 Å².